The van der Waals surface area contributed by atoms with Gasteiger partial charge in [0, 0.05) is 12.3 Å². The maximum atomic E-state index is 13.6. The van der Waals surface area contributed by atoms with Crippen molar-refractivity contribution in [3.05, 3.63) is 71.0 Å². The van der Waals surface area contributed by atoms with Gasteiger partial charge in [-0.05, 0) is 62.2 Å². The Balaban J connectivity index is 1.50. The molecule has 0 radical (unpaired) electrons. The highest BCUT2D eigenvalue weighted by molar-refractivity contribution is 5.83. The van der Waals surface area contributed by atoms with Crippen LogP contribution < -0.4 is 10.5 Å². The third-order valence-corrected chi connectivity index (χ3v) is 5.98. The molecule has 0 spiro atoms. The molecule has 39 heavy (non-hydrogen) atoms. The SMILES string of the molecule is Cc1cc(-c2c(OCc3cccc(CO[C@H]4CCOC4)n3)nc(N)nc2-c2ccc(C)o2)cc(C(F)(F)F)n1. The molecule has 0 saturated carbocycles. The number of nitrogens with two attached hydrogens (primary N) is 1. The number of furan rings is 1. The minimum Gasteiger partial charge on any atom is -0.471 e. The van der Waals surface area contributed by atoms with Gasteiger partial charge >= 0.3 is 6.18 Å². The molecule has 2 N–H and O–H groups in total. The second-order valence-corrected chi connectivity index (χ2v) is 9.11. The lowest BCUT2D eigenvalue weighted by molar-refractivity contribution is -0.141. The standard InChI is InChI=1S/C27H26F3N5O4/c1-15-10-17(11-22(32-15)27(28,29)30)23-24(21-7-6-16(2)39-21)34-26(31)35-25(23)38-13-19-5-3-4-18(33-19)12-37-20-8-9-36-14-20/h3-7,10-11,20H,8-9,12-14H2,1-2H3,(H2,31,34,35)/t20-/m0/s1. The fourth-order valence-electron chi connectivity index (χ4n) is 4.20. The van der Waals surface area contributed by atoms with E-state index in [1.54, 1.807) is 25.1 Å². The van der Waals surface area contributed by atoms with Gasteiger partial charge in [0.1, 0.15) is 23.8 Å². The van der Waals surface area contributed by atoms with E-state index in [0.717, 1.165) is 12.5 Å². The summed E-state index contributed by atoms with van der Waals surface area (Å²) < 4.78 is 63.8. The Morgan fingerprint density at radius 3 is 2.49 bits per heavy atom. The first kappa shape index (κ1) is 26.6. The van der Waals surface area contributed by atoms with E-state index in [1.165, 1.54) is 13.0 Å². The number of nitrogen functional groups attached to an aromatic ring is 1. The number of rotatable bonds is 8. The lowest BCUT2D eigenvalue weighted by atomic mass is 10.0. The fraction of sp³-hybridized carbons (Fsp3) is 0.333. The van der Waals surface area contributed by atoms with Crippen molar-refractivity contribution >= 4 is 5.95 Å². The van der Waals surface area contributed by atoms with Crippen LogP contribution in [0.4, 0.5) is 19.1 Å². The molecule has 204 valence electrons. The van der Waals surface area contributed by atoms with Crippen LogP contribution in [0, 0.1) is 13.8 Å². The minimum absolute atomic E-state index is 0.0168. The molecule has 0 bridgehead atoms. The molecule has 5 heterocycles. The molecule has 1 atom stereocenters. The predicted octanol–water partition coefficient (Wildman–Crippen LogP) is 5.30. The predicted molar refractivity (Wildman–Crippen MR) is 134 cm³/mol. The zero-order chi connectivity index (χ0) is 27.6. The van der Waals surface area contributed by atoms with Crippen molar-refractivity contribution in [3.63, 3.8) is 0 Å². The van der Waals surface area contributed by atoms with Crippen molar-refractivity contribution in [2.45, 2.75) is 45.8 Å². The summed E-state index contributed by atoms with van der Waals surface area (Å²) in [5.41, 5.74) is 6.91. The molecule has 4 aromatic rings. The van der Waals surface area contributed by atoms with Crippen LogP contribution in [0.2, 0.25) is 0 Å². The van der Waals surface area contributed by atoms with Crippen LogP contribution in [0.5, 0.6) is 5.88 Å². The van der Waals surface area contributed by atoms with Gasteiger partial charge in [0.05, 0.1) is 36.3 Å². The van der Waals surface area contributed by atoms with Crippen LogP contribution in [0.1, 0.15) is 35.0 Å². The van der Waals surface area contributed by atoms with Gasteiger partial charge in [0.25, 0.3) is 0 Å². The molecule has 4 aromatic heterocycles. The quantitative estimate of drug-likeness (QED) is 0.317. The third kappa shape index (κ3) is 6.35. The van der Waals surface area contributed by atoms with Gasteiger partial charge in [-0.2, -0.15) is 18.2 Å². The number of hydrogen-bond donors (Lipinski definition) is 1. The molecule has 5 rings (SSSR count). The van der Waals surface area contributed by atoms with Crippen LogP contribution >= 0.6 is 0 Å². The van der Waals surface area contributed by atoms with Gasteiger partial charge < -0.3 is 24.4 Å². The second-order valence-electron chi connectivity index (χ2n) is 9.11. The molecule has 1 aliphatic heterocycles. The van der Waals surface area contributed by atoms with Crippen molar-refractivity contribution < 1.29 is 31.8 Å². The number of anilines is 1. The van der Waals surface area contributed by atoms with Crippen LogP contribution in [0.15, 0.2) is 46.9 Å². The molecule has 9 nitrogen and oxygen atoms in total. The molecular weight excluding hydrogens is 515 g/mol. The smallest absolute Gasteiger partial charge is 0.433 e. The van der Waals surface area contributed by atoms with E-state index in [9.17, 15) is 13.2 Å². The first-order valence-corrected chi connectivity index (χ1v) is 12.2. The summed E-state index contributed by atoms with van der Waals surface area (Å²) >= 11 is 0. The summed E-state index contributed by atoms with van der Waals surface area (Å²) in [4.78, 5) is 16.7. The lowest BCUT2D eigenvalue weighted by Crippen LogP contribution is -2.13. The Bertz CT molecular complexity index is 1470. The van der Waals surface area contributed by atoms with E-state index in [2.05, 4.69) is 19.9 Å². The maximum Gasteiger partial charge on any atom is 0.433 e. The number of halogens is 3. The van der Waals surface area contributed by atoms with Crippen molar-refractivity contribution in [2.24, 2.45) is 0 Å². The van der Waals surface area contributed by atoms with E-state index in [0.29, 0.717) is 42.7 Å². The number of aryl methyl sites for hydroxylation is 2. The molecule has 1 aliphatic rings. The first-order chi connectivity index (χ1) is 18.7. The van der Waals surface area contributed by atoms with Gasteiger partial charge in [-0.3, -0.25) is 4.98 Å². The summed E-state index contributed by atoms with van der Waals surface area (Å²) in [6, 6.07) is 11.2. The third-order valence-electron chi connectivity index (χ3n) is 5.98. The number of aromatic nitrogens is 4. The number of alkyl halides is 3. The van der Waals surface area contributed by atoms with E-state index in [4.69, 9.17) is 24.4 Å². The van der Waals surface area contributed by atoms with E-state index >= 15 is 0 Å². The molecule has 1 fully saturated rings. The average molecular weight is 542 g/mol. The zero-order valence-corrected chi connectivity index (χ0v) is 21.3. The maximum absolute atomic E-state index is 13.6. The summed E-state index contributed by atoms with van der Waals surface area (Å²) in [6.45, 7) is 4.73. The molecule has 0 unspecified atom stereocenters. The van der Waals surface area contributed by atoms with Crippen LogP contribution in [-0.4, -0.2) is 39.3 Å². The first-order valence-electron chi connectivity index (χ1n) is 12.2. The largest absolute Gasteiger partial charge is 0.471 e. The normalized spacial score (nSPS) is 15.6. The molecule has 1 saturated heterocycles. The Kier molecular flexibility index (Phi) is 7.49. The van der Waals surface area contributed by atoms with Gasteiger partial charge in [-0.15, -0.1) is 0 Å². The highest BCUT2D eigenvalue weighted by Gasteiger charge is 2.34. The van der Waals surface area contributed by atoms with E-state index in [1.807, 2.05) is 12.1 Å². The molecular formula is C27H26F3N5O4. The molecule has 12 heteroatoms. The molecule has 0 amide bonds. The second kappa shape index (κ2) is 11.0. The minimum atomic E-state index is -4.66. The average Bonchev–Trinajstić information content (AvgIpc) is 3.57. The number of nitrogens with zero attached hydrogens (tertiary/aromatic N) is 4. The van der Waals surface area contributed by atoms with Gasteiger partial charge in [-0.1, -0.05) is 6.07 Å². The highest BCUT2D eigenvalue weighted by atomic mass is 19.4. The van der Waals surface area contributed by atoms with E-state index in [-0.39, 0.29) is 47.1 Å². The zero-order valence-electron chi connectivity index (χ0n) is 21.3. The van der Waals surface area contributed by atoms with Gasteiger partial charge in [0.2, 0.25) is 11.8 Å². The molecule has 0 aliphatic carbocycles. The summed E-state index contributed by atoms with van der Waals surface area (Å²) in [5.74, 6) is 0.743. The van der Waals surface area contributed by atoms with Crippen molar-refractivity contribution in [1.29, 1.82) is 0 Å². The topological polar surface area (TPSA) is 118 Å². The van der Waals surface area contributed by atoms with Crippen molar-refractivity contribution in [2.75, 3.05) is 18.9 Å². The van der Waals surface area contributed by atoms with Crippen LogP contribution in [0.25, 0.3) is 22.6 Å². The van der Waals surface area contributed by atoms with Crippen LogP contribution in [-0.2, 0) is 28.9 Å². The summed E-state index contributed by atoms with van der Waals surface area (Å²) in [7, 11) is 0. The van der Waals surface area contributed by atoms with Gasteiger partial charge in [0.15, 0.2) is 5.76 Å². The van der Waals surface area contributed by atoms with Crippen LogP contribution in [0.3, 0.4) is 0 Å². The van der Waals surface area contributed by atoms with E-state index < -0.39 is 11.9 Å². The Morgan fingerprint density at radius 1 is 1.00 bits per heavy atom. The van der Waals surface area contributed by atoms with Crippen molar-refractivity contribution in [1.82, 2.24) is 19.9 Å². The van der Waals surface area contributed by atoms with Gasteiger partial charge in [-0.25, -0.2) is 9.97 Å². The highest BCUT2D eigenvalue weighted by Crippen LogP contribution is 2.40. The fourth-order valence-corrected chi connectivity index (χ4v) is 4.20. The number of hydrogen-bond acceptors (Lipinski definition) is 9. The number of ether oxygens (including phenoxy) is 3. The number of pyridine rings is 2. The van der Waals surface area contributed by atoms with Crippen molar-refractivity contribution in [3.8, 4) is 28.5 Å². The summed E-state index contributed by atoms with van der Waals surface area (Å²) in [5, 5.41) is 0. The Labute approximate surface area is 222 Å². The Morgan fingerprint density at radius 2 is 1.79 bits per heavy atom. The lowest BCUT2D eigenvalue weighted by Gasteiger charge is -2.16. The Hall–Kier alpha value is -4.03. The summed E-state index contributed by atoms with van der Waals surface area (Å²) in [6.07, 6.45) is -3.79. The molecule has 0 aromatic carbocycles. The monoisotopic (exact) mass is 541 g/mol.